The molecule has 0 radical (unpaired) electrons. The second-order valence-electron chi connectivity index (χ2n) is 2.66. The monoisotopic (exact) mass is 188 g/mol. The highest BCUT2D eigenvalue weighted by Crippen LogP contribution is 2.08. The third kappa shape index (κ3) is 1.80. The molecule has 4 heteroatoms. The van der Waals surface area contributed by atoms with Crippen LogP contribution in [0.2, 0.25) is 0 Å². The first-order chi connectivity index (χ1) is 6.86. The second kappa shape index (κ2) is 3.74. The maximum absolute atomic E-state index is 11.5. The van der Waals surface area contributed by atoms with E-state index in [1.807, 2.05) is 6.07 Å². The van der Waals surface area contributed by atoms with Crippen LogP contribution in [0.25, 0.3) is 0 Å². The SMILES string of the molecule is [O-][N+](=Cc1ncco1)c1ccccc1. The van der Waals surface area contributed by atoms with E-state index < -0.39 is 0 Å². The lowest BCUT2D eigenvalue weighted by Crippen LogP contribution is -1.98. The summed E-state index contributed by atoms with van der Waals surface area (Å²) in [6.07, 6.45) is 4.20. The molecule has 0 atom stereocenters. The highest BCUT2D eigenvalue weighted by Gasteiger charge is 2.02. The van der Waals surface area contributed by atoms with Crippen LogP contribution in [0.1, 0.15) is 5.89 Å². The van der Waals surface area contributed by atoms with Crippen LogP contribution >= 0.6 is 0 Å². The Morgan fingerprint density at radius 2 is 2.07 bits per heavy atom. The van der Waals surface area contributed by atoms with Crippen LogP contribution in [0.3, 0.4) is 0 Å². The molecular weight excluding hydrogens is 180 g/mol. The first-order valence-electron chi connectivity index (χ1n) is 4.12. The molecule has 0 aliphatic rings. The molecule has 0 bridgehead atoms. The largest absolute Gasteiger partial charge is 0.618 e. The molecule has 1 aromatic carbocycles. The van der Waals surface area contributed by atoms with Crippen LogP contribution in [0, 0.1) is 5.21 Å². The summed E-state index contributed by atoms with van der Waals surface area (Å²) in [7, 11) is 0. The lowest BCUT2D eigenvalue weighted by Gasteiger charge is -1.99. The van der Waals surface area contributed by atoms with Gasteiger partial charge in [-0.2, -0.15) is 4.74 Å². The molecule has 70 valence electrons. The molecule has 0 saturated carbocycles. The molecular formula is C10H8N2O2. The Labute approximate surface area is 80.7 Å². The van der Waals surface area contributed by atoms with Gasteiger partial charge in [-0.15, -0.1) is 0 Å². The van der Waals surface area contributed by atoms with E-state index in [1.54, 1.807) is 24.3 Å². The predicted molar refractivity (Wildman–Crippen MR) is 51.4 cm³/mol. The van der Waals surface area contributed by atoms with Crippen molar-refractivity contribution >= 4 is 11.9 Å². The molecule has 0 aliphatic heterocycles. The van der Waals surface area contributed by atoms with Crippen molar-refractivity contribution in [3.63, 3.8) is 0 Å². The Bertz CT molecular complexity index is 421. The molecule has 2 rings (SSSR count). The molecule has 0 amide bonds. The number of para-hydroxylation sites is 1. The first-order valence-corrected chi connectivity index (χ1v) is 4.12. The van der Waals surface area contributed by atoms with E-state index in [2.05, 4.69) is 4.98 Å². The van der Waals surface area contributed by atoms with Crippen LogP contribution in [0.15, 0.2) is 47.2 Å². The Hall–Kier alpha value is -2.10. The molecule has 4 nitrogen and oxygen atoms in total. The van der Waals surface area contributed by atoms with Crippen molar-refractivity contribution in [3.8, 4) is 0 Å². The summed E-state index contributed by atoms with van der Waals surface area (Å²) in [6.45, 7) is 0. The molecule has 0 spiro atoms. The Morgan fingerprint density at radius 1 is 1.29 bits per heavy atom. The Balaban J connectivity index is 2.29. The molecule has 14 heavy (non-hydrogen) atoms. The normalized spacial score (nSPS) is 11.6. The van der Waals surface area contributed by atoms with Crippen molar-refractivity contribution in [2.75, 3.05) is 0 Å². The van der Waals surface area contributed by atoms with Gasteiger partial charge in [0.25, 0.3) is 5.89 Å². The van der Waals surface area contributed by atoms with Gasteiger partial charge in [0.05, 0.1) is 6.20 Å². The van der Waals surface area contributed by atoms with Crippen LogP contribution in [-0.2, 0) is 0 Å². The van der Waals surface area contributed by atoms with E-state index in [-0.39, 0.29) is 0 Å². The van der Waals surface area contributed by atoms with E-state index in [9.17, 15) is 5.21 Å². The zero-order valence-corrected chi connectivity index (χ0v) is 7.33. The minimum absolute atomic E-state index is 0.295. The molecule has 1 aromatic heterocycles. The molecule has 2 aromatic rings. The maximum Gasteiger partial charge on any atom is 0.286 e. The van der Waals surface area contributed by atoms with Crippen molar-refractivity contribution in [3.05, 3.63) is 53.9 Å². The van der Waals surface area contributed by atoms with E-state index in [1.165, 1.54) is 18.7 Å². The van der Waals surface area contributed by atoms with Crippen molar-refractivity contribution < 1.29 is 9.16 Å². The van der Waals surface area contributed by atoms with Gasteiger partial charge in [-0.3, -0.25) is 0 Å². The maximum atomic E-state index is 11.5. The summed E-state index contributed by atoms with van der Waals surface area (Å²) in [5.74, 6) is 0.295. The summed E-state index contributed by atoms with van der Waals surface area (Å²) in [5, 5.41) is 11.5. The minimum atomic E-state index is 0.295. The summed E-state index contributed by atoms with van der Waals surface area (Å²) in [4.78, 5) is 3.82. The van der Waals surface area contributed by atoms with Crippen LogP contribution in [0.5, 0.6) is 0 Å². The zero-order chi connectivity index (χ0) is 9.80. The molecule has 0 aliphatic carbocycles. The van der Waals surface area contributed by atoms with Gasteiger partial charge in [-0.05, 0) is 0 Å². The van der Waals surface area contributed by atoms with E-state index in [0.717, 1.165) is 0 Å². The van der Waals surface area contributed by atoms with E-state index in [0.29, 0.717) is 16.3 Å². The van der Waals surface area contributed by atoms with Crippen molar-refractivity contribution in [1.29, 1.82) is 0 Å². The fourth-order valence-electron chi connectivity index (χ4n) is 1.05. The number of hydrogen-bond donors (Lipinski definition) is 0. The number of nitrogens with zero attached hydrogens (tertiary/aromatic N) is 2. The molecule has 0 saturated heterocycles. The van der Waals surface area contributed by atoms with Gasteiger partial charge < -0.3 is 9.62 Å². The quantitative estimate of drug-likeness (QED) is 0.313. The third-order valence-corrected chi connectivity index (χ3v) is 1.69. The predicted octanol–water partition coefficient (Wildman–Crippen LogP) is 1.94. The van der Waals surface area contributed by atoms with Gasteiger partial charge in [0.2, 0.25) is 11.9 Å². The fraction of sp³-hybridized carbons (Fsp3) is 0. The van der Waals surface area contributed by atoms with Gasteiger partial charge in [-0.25, -0.2) is 4.98 Å². The number of rotatable bonds is 2. The fourth-order valence-corrected chi connectivity index (χ4v) is 1.05. The van der Waals surface area contributed by atoms with Gasteiger partial charge >= 0.3 is 0 Å². The average Bonchev–Trinajstić information content (AvgIpc) is 2.72. The lowest BCUT2D eigenvalue weighted by atomic mass is 10.3. The van der Waals surface area contributed by atoms with Crippen LogP contribution in [0.4, 0.5) is 5.69 Å². The summed E-state index contributed by atoms with van der Waals surface area (Å²) in [6, 6.07) is 8.87. The molecule has 1 heterocycles. The third-order valence-electron chi connectivity index (χ3n) is 1.69. The average molecular weight is 188 g/mol. The van der Waals surface area contributed by atoms with Crippen molar-refractivity contribution in [1.82, 2.24) is 4.98 Å². The Morgan fingerprint density at radius 3 is 2.71 bits per heavy atom. The van der Waals surface area contributed by atoms with Crippen LogP contribution in [-0.4, -0.2) is 15.9 Å². The number of oxazole rings is 1. The Kier molecular flexibility index (Phi) is 2.27. The topological polar surface area (TPSA) is 52.1 Å². The summed E-state index contributed by atoms with van der Waals surface area (Å²) < 4.78 is 5.63. The van der Waals surface area contributed by atoms with Gasteiger partial charge in [0, 0.05) is 12.1 Å². The van der Waals surface area contributed by atoms with Gasteiger partial charge in [0.1, 0.15) is 6.26 Å². The zero-order valence-electron chi connectivity index (χ0n) is 7.33. The molecule has 0 N–H and O–H groups in total. The van der Waals surface area contributed by atoms with E-state index in [4.69, 9.17) is 4.42 Å². The standard InChI is InChI=1S/C10H8N2O2/c13-12(8-10-11-6-7-14-10)9-4-2-1-3-5-9/h1-8H. The van der Waals surface area contributed by atoms with Crippen LogP contribution < -0.4 is 0 Å². The number of hydrogen-bond acceptors (Lipinski definition) is 3. The number of benzene rings is 1. The highest BCUT2D eigenvalue weighted by molar-refractivity contribution is 5.69. The molecule has 0 fully saturated rings. The smallest absolute Gasteiger partial charge is 0.286 e. The summed E-state index contributed by atoms with van der Waals surface area (Å²) in [5.41, 5.74) is 0.547. The second-order valence-corrected chi connectivity index (χ2v) is 2.66. The minimum Gasteiger partial charge on any atom is -0.618 e. The number of aromatic nitrogens is 1. The molecule has 0 unspecified atom stereocenters. The highest BCUT2D eigenvalue weighted by atomic mass is 16.5. The van der Waals surface area contributed by atoms with Crippen molar-refractivity contribution in [2.45, 2.75) is 0 Å². The van der Waals surface area contributed by atoms with Crippen molar-refractivity contribution in [2.24, 2.45) is 0 Å². The van der Waals surface area contributed by atoms with E-state index >= 15 is 0 Å². The summed E-state index contributed by atoms with van der Waals surface area (Å²) >= 11 is 0. The van der Waals surface area contributed by atoms with Gasteiger partial charge in [0.15, 0.2) is 0 Å². The van der Waals surface area contributed by atoms with Gasteiger partial charge in [-0.1, -0.05) is 18.2 Å². The lowest BCUT2D eigenvalue weighted by molar-refractivity contribution is -0.355. The first kappa shape index (κ1) is 8.50.